The van der Waals surface area contributed by atoms with E-state index in [0.717, 1.165) is 12.8 Å². The van der Waals surface area contributed by atoms with Gasteiger partial charge in [-0.25, -0.2) is 0 Å². The van der Waals surface area contributed by atoms with E-state index in [4.69, 9.17) is 0 Å². The minimum atomic E-state index is -4.05. The zero-order valence-electron chi connectivity index (χ0n) is 13.2. The van der Waals surface area contributed by atoms with Crippen molar-refractivity contribution in [3.8, 4) is 0 Å². The van der Waals surface area contributed by atoms with Crippen molar-refractivity contribution in [2.45, 2.75) is 96.7 Å². The lowest BCUT2D eigenvalue weighted by atomic mass is 10.1. The summed E-state index contributed by atoms with van der Waals surface area (Å²) in [6, 6.07) is -0.464. The van der Waals surface area contributed by atoms with Crippen LogP contribution in [0.1, 0.15) is 84.5 Å². The van der Waals surface area contributed by atoms with Crippen LogP contribution < -0.4 is 5.32 Å². The first-order valence-electron chi connectivity index (χ1n) is 8.26. The van der Waals surface area contributed by atoms with Crippen LogP contribution in [0.5, 0.6) is 0 Å². The first-order valence-corrected chi connectivity index (χ1v) is 8.26. The molecule has 1 N–H and O–H groups in total. The van der Waals surface area contributed by atoms with Crippen LogP contribution in [0.15, 0.2) is 0 Å². The Morgan fingerprint density at radius 2 is 1.25 bits per heavy atom. The van der Waals surface area contributed by atoms with Gasteiger partial charge in [0, 0.05) is 6.04 Å². The minimum Gasteiger partial charge on any atom is -0.314 e. The molecule has 0 heterocycles. The summed E-state index contributed by atoms with van der Waals surface area (Å²) in [5.74, 6) is 0. The summed E-state index contributed by atoms with van der Waals surface area (Å²) in [6.07, 6.45) is 7.80. The molecule has 0 bridgehead atoms. The van der Waals surface area contributed by atoms with E-state index in [0.29, 0.717) is 6.54 Å². The van der Waals surface area contributed by atoms with Crippen LogP contribution in [0.3, 0.4) is 0 Å². The summed E-state index contributed by atoms with van der Waals surface area (Å²) in [6.45, 7) is 4.53. The van der Waals surface area contributed by atoms with Crippen LogP contribution in [0.4, 0.5) is 13.2 Å². The van der Waals surface area contributed by atoms with Crippen molar-refractivity contribution in [3.05, 3.63) is 0 Å². The third-order valence-corrected chi connectivity index (χ3v) is 3.56. The molecule has 4 heteroatoms. The topological polar surface area (TPSA) is 12.0 Å². The minimum absolute atomic E-state index is 0.464. The maximum atomic E-state index is 12.1. The lowest BCUT2D eigenvalue weighted by Gasteiger charge is -2.15. The van der Waals surface area contributed by atoms with Crippen LogP contribution in [0.25, 0.3) is 0 Å². The maximum Gasteiger partial charge on any atom is 0.390 e. The zero-order chi connectivity index (χ0) is 15.3. The van der Waals surface area contributed by atoms with Crippen molar-refractivity contribution in [3.63, 3.8) is 0 Å². The average Bonchev–Trinajstić information content (AvgIpc) is 2.34. The second-order valence-electron chi connectivity index (χ2n) is 5.86. The molecule has 0 radical (unpaired) electrons. The predicted octanol–water partition coefficient (Wildman–Crippen LogP) is 5.84. The van der Waals surface area contributed by atoms with E-state index in [-0.39, 0.29) is 0 Å². The van der Waals surface area contributed by atoms with Gasteiger partial charge in [-0.2, -0.15) is 13.2 Å². The number of hydrogen-bond acceptors (Lipinski definition) is 1. The summed E-state index contributed by atoms with van der Waals surface area (Å²) in [4.78, 5) is 0. The second-order valence-corrected chi connectivity index (χ2v) is 5.86. The second kappa shape index (κ2) is 12.5. The highest BCUT2D eigenvalue weighted by molar-refractivity contribution is 4.65. The molecule has 0 aromatic rings. The Balaban J connectivity index is 3.17. The Morgan fingerprint density at radius 1 is 0.800 bits per heavy atom. The maximum absolute atomic E-state index is 12.1. The highest BCUT2D eigenvalue weighted by Gasteiger charge is 2.29. The highest BCUT2D eigenvalue weighted by atomic mass is 19.4. The number of halogens is 3. The van der Waals surface area contributed by atoms with E-state index in [9.17, 15) is 13.2 Å². The lowest BCUT2D eigenvalue weighted by Crippen LogP contribution is -2.31. The quantitative estimate of drug-likeness (QED) is 0.421. The van der Waals surface area contributed by atoms with E-state index in [1.165, 1.54) is 51.4 Å². The predicted molar refractivity (Wildman–Crippen MR) is 80.0 cm³/mol. The largest absolute Gasteiger partial charge is 0.390 e. The van der Waals surface area contributed by atoms with Crippen LogP contribution in [0.2, 0.25) is 0 Å². The van der Waals surface area contributed by atoms with Crippen molar-refractivity contribution >= 4 is 0 Å². The lowest BCUT2D eigenvalue weighted by molar-refractivity contribution is -0.139. The molecule has 0 fully saturated rings. The Morgan fingerprint density at radius 3 is 1.70 bits per heavy atom. The summed E-state index contributed by atoms with van der Waals surface area (Å²) >= 11 is 0. The summed E-state index contributed by atoms with van der Waals surface area (Å²) in [5, 5.41) is 2.94. The molecule has 0 aromatic carbocycles. The Kier molecular flexibility index (Phi) is 12.3. The smallest absolute Gasteiger partial charge is 0.314 e. The fraction of sp³-hybridized carbons (Fsp3) is 1.00. The molecule has 0 saturated carbocycles. The first-order chi connectivity index (χ1) is 9.45. The van der Waals surface area contributed by atoms with Crippen molar-refractivity contribution in [2.75, 3.05) is 6.54 Å². The number of unbranched alkanes of at least 4 members (excludes halogenated alkanes) is 9. The van der Waals surface area contributed by atoms with Crippen molar-refractivity contribution in [2.24, 2.45) is 0 Å². The average molecular weight is 295 g/mol. The zero-order valence-corrected chi connectivity index (χ0v) is 13.2. The van der Waals surface area contributed by atoms with Gasteiger partial charge in [-0.3, -0.25) is 0 Å². The molecule has 0 spiro atoms. The van der Waals surface area contributed by atoms with Crippen molar-refractivity contribution in [1.29, 1.82) is 0 Å². The Bertz CT molecular complexity index is 204. The molecule has 0 aliphatic heterocycles. The third-order valence-electron chi connectivity index (χ3n) is 3.56. The van der Waals surface area contributed by atoms with Gasteiger partial charge < -0.3 is 5.32 Å². The first kappa shape index (κ1) is 19.8. The Labute approximate surface area is 122 Å². The van der Waals surface area contributed by atoms with Gasteiger partial charge in [0.05, 0.1) is 6.42 Å². The van der Waals surface area contributed by atoms with Gasteiger partial charge in [0.25, 0.3) is 0 Å². The standard InChI is InChI=1S/C16H32F3N/c1-3-4-5-6-7-8-9-10-11-12-13-20-15(2)14-16(17,18)19/h15,20H,3-14H2,1-2H3. The van der Waals surface area contributed by atoms with Crippen LogP contribution in [-0.2, 0) is 0 Å². The van der Waals surface area contributed by atoms with Crippen molar-refractivity contribution in [1.82, 2.24) is 5.32 Å². The van der Waals surface area contributed by atoms with E-state index in [1.54, 1.807) is 6.92 Å². The molecule has 0 rings (SSSR count). The fourth-order valence-corrected chi connectivity index (χ4v) is 2.38. The van der Waals surface area contributed by atoms with Gasteiger partial charge in [-0.05, 0) is 19.9 Å². The van der Waals surface area contributed by atoms with E-state index >= 15 is 0 Å². The SMILES string of the molecule is CCCCCCCCCCCCNC(C)CC(F)(F)F. The summed E-state index contributed by atoms with van der Waals surface area (Å²) in [5.41, 5.74) is 0. The normalized spacial score (nSPS) is 13.7. The number of hydrogen-bond donors (Lipinski definition) is 1. The molecular formula is C16H32F3N. The van der Waals surface area contributed by atoms with E-state index in [2.05, 4.69) is 12.2 Å². The molecule has 20 heavy (non-hydrogen) atoms. The molecule has 0 aliphatic rings. The monoisotopic (exact) mass is 295 g/mol. The molecule has 1 unspecified atom stereocenters. The number of nitrogens with one attached hydrogen (secondary N) is 1. The molecule has 0 aliphatic carbocycles. The molecule has 0 aromatic heterocycles. The summed E-state index contributed by atoms with van der Waals surface area (Å²) < 4.78 is 36.3. The number of rotatable bonds is 13. The highest BCUT2D eigenvalue weighted by Crippen LogP contribution is 2.21. The van der Waals surface area contributed by atoms with Gasteiger partial charge in [0.2, 0.25) is 0 Å². The van der Waals surface area contributed by atoms with Gasteiger partial charge in [-0.15, -0.1) is 0 Å². The van der Waals surface area contributed by atoms with Crippen molar-refractivity contribution < 1.29 is 13.2 Å². The molecule has 0 saturated heterocycles. The van der Waals surface area contributed by atoms with Crippen LogP contribution in [-0.4, -0.2) is 18.8 Å². The third kappa shape index (κ3) is 15.8. The van der Waals surface area contributed by atoms with Gasteiger partial charge in [-0.1, -0.05) is 64.7 Å². The van der Waals surface area contributed by atoms with Crippen LogP contribution in [0, 0.1) is 0 Å². The fourth-order valence-electron chi connectivity index (χ4n) is 2.38. The number of alkyl halides is 3. The molecular weight excluding hydrogens is 263 g/mol. The van der Waals surface area contributed by atoms with Crippen LogP contribution >= 0.6 is 0 Å². The van der Waals surface area contributed by atoms with E-state index in [1.807, 2.05) is 0 Å². The van der Waals surface area contributed by atoms with E-state index < -0.39 is 18.6 Å². The van der Waals surface area contributed by atoms with Gasteiger partial charge in [0.15, 0.2) is 0 Å². The van der Waals surface area contributed by atoms with Gasteiger partial charge in [0.1, 0.15) is 0 Å². The van der Waals surface area contributed by atoms with Gasteiger partial charge >= 0.3 is 6.18 Å². The summed E-state index contributed by atoms with van der Waals surface area (Å²) in [7, 11) is 0. The molecule has 1 atom stereocenters. The molecule has 1 nitrogen and oxygen atoms in total. The Hall–Kier alpha value is -0.250. The molecule has 0 amide bonds. The molecule has 122 valence electrons.